The summed E-state index contributed by atoms with van der Waals surface area (Å²) in [6.45, 7) is 0.480. The molecule has 1 aromatic heterocycles. The Hall–Kier alpha value is -2.91. The van der Waals surface area contributed by atoms with Crippen molar-refractivity contribution in [2.24, 2.45) is 5.92 Å². The minimum Gasteiger partial charge on any atom is -0.465 e. The van der Waals surface area contributed by atoms with Crippen LogP contribution in [0.2, 0.25) is 5.02 Å². The molecule has 0 unspecified atom stereocenters. The lowest BCUT2D eigenvalue weighted by atomic mass is 9.94. The van der Waals surface area contributed by atoms with Gasteiger partial charge in [0.25, 0.3) is 5.91 Å². The van der Waals surface area contributed by atoms with Gasteiger partial charge in [0, 0.05) is 31.7 Å². The van der Waals surface area contributed by atoms with E-state index in [1.807, 2.05) is 0 Å². The molecular weight excluding hydrogens is 403 g/mol. The average Bonchev–Trinajstić information content (AvgIpc) is 2.91. The molecule has 1 fully saturated rings. The van der Waals surface area contributed by atoms with Crippen LogP contribution in [0.5, 0.6) is 0 Å². The van der Waals surface area contributed by atoms with Crippen molar-refractivity contribution in [2.75, 3.05) is 32.0 Å². The van der Waals surface area contributed by atoms with Crippen molar-refractivity contribution in [3.63, 3.8) is 0 Å². The molecule has 1 aliphatic rings. The van der Waals surface area contributed by atoms with Crippen LogP contribution < -0.4 is 11.1 Å². The number of halogens is 2. The van der Waals surface area contributed by atoms with E-state index >= 15 is 0 Å². The second-order valence-electron chi connectivity index (χ2n) is 6.60. The van der Waals surface area contributed by atoms with Crippen LogP contribution >= 0.6 is 11.6 Å². The smallest absolute Gasteiger partial charge is 0.407 e. The largest absolute Gasteiger partial charge is 0.465 e. The van der Waals surface area contributed by atoms with E-state index in [0.29, 0.717) is 5.56 Å². The highest BCUT2D eigenvalue weighted by Gasteiger charge is 2.32. The number of nitrogens with zero attached hydrogens (tertiary/aromatic N) is 2. The second-order valence-corrected chi connectivity index (χ2v) is 7.01. The highest BCUT2D eigenvalue weighted by atomic mass is 35.5. The number of aromatic nitrogens is 1. The Bertz CT molecular complexity index is 914. The second kappa shape index (κ2) is 9.06. The number of carboxylic acid groups (broad SMARTS) is 1. The SMILES string of the molecule is Nc1cccnc1C(=O)NC[C@@H]1CN(C(=O)O)CCO[C@H]1c1ccc(Cl)c(F)c1. The fourth-order valence-electron chi connectivity index (χ4n) is 3.21. The van der Waals surface area contributed by atoms with Gasteiger partial charge in [0.05, 0.1) is 23.4 Å². The Labute approximate surface area is 171 Å². The molecule has 154 valence electrons. The van der Waals surface area contributed by atoms with Crippen LogP contribution in [0.15, 0.2) is 36.5 Å². The van der Waals surface area contributed by atoms with E-state index in [-0.39, 0.29) is 42.6 Å². The Kier molecular flexibility index (Phi) is 6.50. The lowest BCUT2D eigenvalue weighted by molar-refractivity contribution is 0.0303. The average molecular weight is 423 g/mol. The molecule has 10 heteroatoms. The molecular formula is C19H20ClFN4O4. The quantitative estimate of drug-likeness (QED) is 0.697. The molecule has 0 radical (unpaired) electrons. The number of amides is 2. The van der Waals surface area contributed by atoms with Crippen molar-refractivity contribution in [1.82, 2.24) is 15.2 Å². The van der Waals surface area contributed by atoms with Gasteiger partial charge in [-0.25, -0.2) is 14.2 Å². The molecule has 4 N–H and O–H groups in total. The van der Waals surface area contributed by atoms with Crippen molar-refractivity contribution in [3.8, 4) is 0 Å². The number of ether oxygens (including phenoxy) is 1. The summed E-state index contributed by atoms with van der Waals surface area (Å²) >= 11 is 5.76. The number of pyridine rings is 1. The maximum atomic E-state index is 14.0. The van der Waals surface area contributed by atoms with Crippen LogP contribution in [0.1, 0.15) is 22.2 Å². The molecule has 1 aliphatic heterocycles. The molecule has 8 nitrogen and oxygen atoms in total. The van der Waals surface area contributed by atoms with E-state index in [1.165, 1.54) is 23.2 Å². The highest BCUT2D eigenvalue weighted by molar-refractivity contribution is 6.30. The number of carbonyl (C=O) groups is 2. The summed E-state index contributed by atoms with van der Waals surface area (Å²) in [5.41, 5.74) is 6.59. The third-order valence-corrected chi connectivity index (χ3v) is 4.97. The third kappa shape index (κ3) is 4.93. The number of carbonyl (C=O) groups excluding carboxylic acids is 1. The molecule has 0 bridgehead atoms. The third-order valence-electron chi connectivity index (χ3n) is 4.66. The van der Waals surface area contributed by atoms with Crippen LogP contribution in [0.25, 0.3) is 0 Å². The summed E-state index contributed by atoms with van der Waals surface area (Å²) in [5, 5.41) is 12.1. The van der Waals surface area contributed by atoms with Crippen LogP contribution in [-0.4, -0.2) is 53.2 Å². The van der Waals surface area contributed by atoms with Gasteiger partial charge in [0.15, 0.2) is 5.69 Å². The molecule has 0 saturated carbocycles. The van der Waals surface area contributed by atoms with Crippen molar-refractivity contribution in [1.29, 1.82) is 0 Å². The van der Waals surface area contributed by atoms with Gasteiger partial charge in [0.2, 0.25) is 0 Å². The molecule has 2 amide bonds. The first kappa shape index (κ1) is 20.8. The summed E-state index contributed by atoms with van der Waals surface area (Å²) in [6, 6.07) is 7.47. The summed E-state index contributed by atoms with van der Waals surface area (Å²) in [4.78, 5) is 29.1. The summed E-state index contributed by atoms with van der Waals surface area (Å²) in [7, 11) is 0. The van der Waals surface area contributed by atoms with Gasteiger partial charge in [-0.15, -0.1) is 0 Å². The topological polar surface area (TPSA) is 118 Å². The molecule has 2 heterocycles. The molecule has 3 rings (SSSR count). The monoisotopic (exact) mass is 422 g/mol. The van der Waals surface area contributed by atoms with Crippen molar-refractivity contribution < 1.29 is 23.8 Å². The number of nitrogens with two attached hydrogens (primary N) is 1. The van der Waals surface area contributed by atoms with E-state index in [0.717, 1.165) is 0 Å². The summed E-state index contributed by atoms with van der Waals surface area (Å²) in [5.74, 6) is -1.56. The minimum atomic E-state index is -1.10. The predicted octanol–water partition coefficient (Wildman–Crippen LogP) is 2.55. The van der Waals surface area contributed by atoms with Gasteiger partial charge in [-0.1, -0.05) is 17.7 Å². The molecule has 1 saturated heterocycles. The molecule has 0 spiro atoms. The van der Waals surface area contributed by atoms with Crippen molar-refractivity contribution in [3.05, 3.63) is 58.6 Å². The zero-order chi connectivity index (χ0) is 21.0. The number of hydrogen-bond donors (Lipinski definition) is 3. The van der Waals surface area contributed by atoms with Crippen molar-refractivity contribution >= 4 is 29.3 Å². The Balaban J connectivity index is 1.82. The lowest BCUT2D eigenvalue weighted by Crippen LogP contribution is -2.40. The number of hydrogen-bond acceptors (Lipinski definition) is 5. The first-order chi connectivity index (χ1) is 13.9. The van der Waals surface area contributed by atoms with Gasteiger partial charge in [-0.2, -0.15) is 0 Å². The van der Waals surface area contributed by atoms with Gasteiger partial charge < -0.3 is 25.8 Å². The number of rotatable bonds is 4. The maximum absolute atomic E-state index is 14.0. The highest BCUT2D eigenvalue weighted by Crippen LogP contribution is 2.31. The van der Waals surface area contributed by atoms with E-state index in [2.05, 4.69) is 10.3 Å². The fraction of sp³-hybridized carbons (Fsp3) is 0.316. The van der Waals surface area contributed by atoms with Gasteiger partial charge >= 0.3 is 6.09 Å². The zero-order valence-corrected chi connectivity index (χ0v) is 16.1. The lowest BCUT2D eigenvalue weighted by Gasteiger charge is -2.27. The maximum Gasteiger partial charge on any atom is 0.407 e. The van der Waals surface area contributed by atoms with E-state index < -0.39 is 29.8 Å². The number of anilines is 1. The van der Waals surface area contributed by atoms with Crippen LogP contribution in [-0.2, 0) is 4.74 Å². The number of nitrogen functional groups attached to an aromatic ring is 1. The van der Waals surface area contributed by atoms with Gasteiger partial charge in [0.1, 0.15) is 5.82 Å². The predicted molar refractivity (Wildman–Crippen MR) is 104 cm³/mol. The van der Waals surface area contributed by atoms with E-state index in [9.17, 15) is 19.1 Å². The van der Waals surface area contributed by atoms with Crippen LogP contribution in [0.4, 0.5) is 14.9 Å². The fourth-order valence-corrected chi connectivity index (χ4v) is 3.33. The molecule has 29 heavy (non-hydrogen) atoms. The van der Waals surface area contributed by atoms with Crippen LogP contribution in [0, 0.1) is 11.7 Å². The molecule has 2 atom stereocenters. The Morgan fingerprint density at radius 1 is 1.41 bits per heavy atom. The normalized spacial score (nSPS) is 19.4. The standard InChI is InChI=1S/C19H20ClFN4O4/c20-13-4-3-11(8-14(13)21)17-12(10-25(19(27)28)6-7-29-17)9-24-18(26)16-15(22)2-1-5-23-16/h1-5,8,12,17H,6-7,9-10,22H2,(H,24,26)(H,27,28)/t12-,17+/m1/s1. The first-order valence-electron chi connectivity index (χ1n) is 8.90. The Morgan fingerprint density at radius 3 is 2.90 bits per heavy atom. The summed E-state index contributed by atoms with van der Waals surface area (Å²) in [6.07, 6.45) is -0.278. The van der Waals surface area contributed by atoms with Gasteiger partial charge in [-0.05, 0) is 29.8 Å². The molecule has 0 aliphatic carbocycles. The zero-order valence-electron chi connectivity index (χ0n) is 15.3. The number of nitrogens with one attached hydrogen (secondary N) is 1. The molecule has 2 aromatic rings. The van der Waals surface area contributed by atoms with E-state index in [4.69, 9.17) is 22.1 Å². The first-order valence-corrected chi connectivity index (χ1v) is 9.27. The number of benzene rings is 1. The van der Waals surface area contributed by atoms with Crippen molar-refractivity contribution in [2.45, 2.75) is 6.10 Å². The van der Waals surface area contributed by atoms with Gasteiger partial charge in [-0.3, -0.25) is 4.79 Å². The molecule has 1 aromatic carbocycles. The van der Waals surface area contributed by atoms with Crippen LogP contribution in [0.3, 0.4) is 0 Å². The Morgan fingerprint density at radius 2 is 2.21 bits per heavy atom. The van der Waals surface area contributed by atoms with E-state index in [1.54, 1.807) is 18.2 Å². The minimum absolute atomic E-state index is 0.0231. The summed E-state index contributed by atoms with van der Waals surface area (Å²) < 4.78 is 19.8.